The van der Waals surface area contributed by atoms with Crippen LogP contribution in [0, 0.1) is 13.8 Å². The number of aryl methyl sites for hydroxylation is 1. The van der Waals surface area contributed by atoms with Crippen LogP contribution in [0.25, 0.3) is 0 Å². The van der Waals surface area contributed by atoms with Gasteiger partial charge in [-0.1, -0.05) is 0 Å². The fourth-order valence-corrected chi connectivity index (χ4v) is 1.31. The highest BCUT2D eigenvalue weighted by Crippen LogP contribution is 2.11. The second-order valence-corrected chi connectivity index (χ2v) is 2.90. The minimum absolute atomic E-state index is 0. The van der Waals surface area contributed by atoms with Gasteiger partial charge in [0.2, 0.25) is 0 Å². The fourth-order valence-electron chi connectivity index (χ4n) is 1.31. The predicted octanol–water partition coefficient (Wildman–Crippen LogP) is 0.465. The molecule has 5 nitrogen and oxygen atoms in total. The molecule has 0 spiro atoms. The zero-order valence-corrected chi connectivity index (χ0v) is 8.97. The summed E-state index contributed by atoms with van der Waals surface area (Å²) in [5.41, 5.74) is 8.07. The van der Waals surface area contributed by atoms with E-state index in [0.717, 1.165) is 17.0 Å². The molecule has 0 aliphatic carbocycles. The number of hydrogen-bond acceptors (Lipinski definition) is 3. The SMILES string of the molecule is Cc1nn(CC(=O)O)c(C)c1CN.Cl. The molecule has 0 aliphatic heterocycles. The smallest absolute Gasteiger partial charge is 0.325 e. The first kappa shape index (κ1) is 12.9. The van der Waals surface area contributed by atoms with Crippen molar-refractivity contribution in [3.63, 3.8) is 0 Å². The quantitative estimate of drug-likeness (QED) is 0.774. The van der Waals surface area contributed by atoms with Crippen LogP contribution in [0.1, 0.15) is 17.0 Å². The van der Waals surface area contributed by atoms with Gasteiger partial charge in [-0.2, -0.15) is 5.10 Å². The predicted molar refractivity (Wildman–Crippen MR) is 54.5 cm³/mol. The van der Waals surface area contributed by atoms with Gasteiger partial charge in [0, 0.05) is 17.8 Å². The number of carboxylic acid groups (broad SMARTS) is 1. The summed E-state index contributed by atoms with van der Waals surface area (Å²) in [6, 6.07) is 0. The molecule has 0 saturated heterocycles. The summed E-state index contributed by atoms with van der Waals surface area (Å²) in [4.78, 5) is 10.4. The monoisotopic (exact) mass is 219 g/mol. The molecule has 0 saturated carbocycles. The molecule has 1 rings (SSSR count). The summed E-state index contributed by atoms with van der Waals surface area (Å²) < 4.78 is 1.46. The van der Waals surface area contributed by atoms with Crippen molar-refractivity contribution >= 4 is 18.4 Å². The highest BCUT2D eigenvalue weighted by molar-refractivity contribution is 5.85. The van der Waals surface area contributed by atoms with Crippen molar-refractivity contribution in [3.05, 3.63) is 17.0 Å². The number of nitrogens with two attached hydrogens (primary N) is 1. The minimum atomic E-state index is -0.894. The molecule has 1 aromatic heterocycles. The maximum Gasteiger partial charge on any atom is 0.325 e. The van der Waals surface area contributed by atoms with Gasteiger partial charge >= 0.3 is 5.97 Å². The van der Waals surface area contributed by atoms with Gasteiger partial charge in [0.15, 0.2) is 0 Å². The van der Waals surface area contributed by atoms with Crippen molar-refractivity contribution in [3.8, 4) is 0 Å². The zero-order valence-electron chi connectivity index (χ0n) is 8.15. The van der Waals surface area contributed by atoms with Crippen LogP contribution in [0.4, 0.5) is 0 Å². The van der Waals surface area contributed by atoms with E-state index < -0.39 is 5.97 Å². The Bertz CT molecular complexity index is 336. The average Bonchev–Trinajstić information content (AvgIpc) is 2.26. The molecule has 0 amide bonds. The van der Waals surface area contributed by atoms with E-state index in [-0.39, 0.29) is 19.0 Å². The molecule has 1 aromatic rings. The summed E-state index contributed by atoms with van der Waals surface area (Å²) in [6.07, 6.45) is 0. The van der Waals surface area contributed by atoms with E-state index in [0.29, 0.717) is 6.54 Å². The molecule has 3 N–H and O–H groups in total. The topological polar surface area (TPSA) is 81.1 Å². The standard InChI is InChI=1S/C8H13N3O2.ClH/c1-5-7(3-9)6(2)11(10-5)4-8(12)13;/h3-4,9H2,1-2H3,(H,12,13);1H. The number of rotatable bonds is 3. The molecule has 6 heteroatoms. The van der Waals surface area contributed by atoms with Crippen LogP contribution in [0.2, 0.25) is 0 Å². The third kappa shape index (κ3) is 2.46. The van der Waals surface area contributed by atoms with Gasteiger partial charge in [-0.05, 0) is 13.8 Å². The third-order valence-corrected chi connectivity index (χ3v) is 2.02. The molecule has 0 radical (unpaired) electrons. The summed E-state index contributed by atoms with van der Waals surface area (Å²) in [6.45, 7) is 3.95. The highest BCUT2D eigenvalue weighted by Gasteiger charge is 2.11. The van der Waals surface area contributed by atoms with E-state index in [1.54, 1.807) is 0 Å². The molecule has 14 heavy (non-hydrogen) atoms. The van der Waals surface area contributed by atoms with Crippen molar-refractivity contribution in [2.75, 3.05) is 0 Å². The van der Waals surface area contributed by atoms with Crippen molar-refractivity contribution in [2.45, 2.75) is 26.9 Å². The number of aromatic nitrogens is 2. The number of carboxylic acids is 1. The summed E-state index contributed by atoms with van der Waals surface area (Å²) in [5, 5.41) is 12.6. The van der Waals surface area contributed by atoms with E-state index in [4.69, 9.17) is 10.8 Å². The first-order chi connectivity index (χ1) is 6.06. The number of halogens is 1. The lowest BCUT2D eigenvalue weighted by molar-refractivity contribution is -0.137. The Morgan fingerprint density at radius 3 is 2.50 bits per heavy atom. The summed E-state index contributed by atoms with van der Waals surface area (Å²) in [7, 11) is 0. The molecule has 80 valence electrons. The molecule has 0 aliphatic rings. The fraction of sp³-hybridized carbons (Fsp3) is 0.500. The normalized spacial score (nSPS) is 9.64. The van der Waals surface area contributed by atoms with Crippen LogP contribution in [0.3, 0.4) is 0 Å². The lowest BCUT2D eigenvalue weighted by atomic mass is 10.2. The van der Waals surface area contributed by atoms with Crippen LogP contribution in [-0.4, -0.2) is 20.9 Å². The van der Waals surface area contributed by atoms with Crippen LogP contribution >= 0.6 is 12.4 Å². The van der Waals surface area contributed by atoms with Gasteiger partial charge in [-0.15, -0.1) is 12.4 Å². The van der Waals surface area contributed by atoms with Crippen LogP contribution in [-0.2, 0) is 17.9 Å². The minimum Gasteiger partial charge on any atom is -0.480 e. The first-order valence-corrected chi connectivity index (χ1v) is 4.01. The Morgan fingerprint density at radius 1 is 1.57 bits per heavy atom. The summed E-state index contributed by atoms with van der Waals surface area (Å²) in [5.74, 6) is -0.894. The molecule has 0 fully saturated rings. The van der Waals surface area contributed by atoms with Gasteiger partial charge in [-0.25, -0.2) is 0 Å². The zero-order chi connectivity index (χ0) is 10.0. The van der Waals surface area contributed by atoms with E-state index in [2.05, 4.69) is 5.10 Å². The second-order valence-electron chi connectivity index (χ2n) is 2.90. The van der Waals surface area contributed by atoms with Gasteiger partial charge in [0.25, 0.3) is 0 Å². The van der Waals surface area contributed by atoms with E-state index in [1.165, 1.54) is 4.68 Å². The lowest BCUT2D eigenvalue weighted by Gasteiger charge is -1.99. The largest absolute Gasteiger partial charge is 0.480 e. The van der Waals surface area contributed by atoms with Crippen LogP contribution < -0.4 is 5.73 Å². The Kier molecular flexibility index (Phi) is 4.59. The van der Waals surface area contributed by atoms with Crippen LogP contribution in [0.5, 0.6) is 0 Å². The maximum atomic E-state index is 10.4. The van der Waals surface area contributed by atoms with E-state index >= 15 is 0 Å². The molecule has 0 unspecified atom stereocenters. The first-order valence-electron chi connectivity index (χ1n) is 4.01. The average molecular weight is 220 g/mol. The van der Waals surface area contributed by atoms with E-state index in [1.807, 2.05) is 13.8 Å². The third-order valence-electron chi connectivity index (χ3n) is 2.02. The number of hydrogen-bond donors (Lipinski definition) is 2. The summed E-state index contributed by atoms with van der Waals surface area (Å²) >= 11 is 0. The molecule has 1 heterocycles. The Morgan fingerprint density at radius 2 is 2.14 bits per heavy atom. The Balaban J connectivity index is 0.00000169. The van der Waals surface area contributed by atoms with Crippen molar-refractivity contribution in [2.24, 2.45) is 5.73 Å². The molecular weight excluding hydrogens is 206 g/mol. The maximum absolute atomic E-state index is 10.4. The molecule has 0 atom stereocenters. The highest BCUT2D eigenvalue weighted by atomic mass is 35.5. The second kappa shape index (κ2) is 4.97. The van der Waals surface area contributed by atoms with Gasteiger partial charge in [0.1, 0.15) is 6.54 Å². The Hall–Kier alpha value is -1.07. The van der Waals surface area contributed by atoms with Gasteiger partial charge in [-0.3, -0.25) is 9.48 Å². The van der Waals surface area contributed by atoms with Crippen molar-refractivity contribution < 1.29 is 9.90 Å². The van der Waals surface area contributed by atoms with Crippen LogP contribution in [0.15, 0.2) is 0 Å². The van der Waals surface area contributed by atoms with Crippen molar-refractivity contribution in [1.82, 2.24) is 9.78 Å². The number of carbonyl (C=O) groups is 1. The Labute approximate surface area is 88.3 Å². The van der Waals surface area contributed by atoms with E-state index in [9.17, 15) is 4.79 Å². The molecule has 0 bridgehead atoms. The molecular formula is C8H14ClN3O2. The lowest BCUT2D eigenvalue weighted by Crippen LogP contribution is -2.12. The number of aliphatic carboxylic acids is 1. The van der Waals surface area contributed by atoms with Gasteiger partial charge < -0.3 is 10.8 Å². The van der Waals surface area contributed by atoms with Crippen molar-refractivity contribution in [1.29, 1.82) is 0 Å². The van der Waals surface area contributed by atoms with Gasteiger partial charge in [0.05, 0.1) is 5.69 Å². The molecule has 0 aromatic carbocycles. The number of nitrogens with zero attached hydrogens (tertiary/aromatic N) is 2.